The Hall–Kier alpha value is -0.870. The van der Waals surface area contributed by atoms with Crippen LogP contribution < -0.4 is 10.5 Å². The Morgan fingerprint density at radius 2 is 2.14 bits per heavy atom. The molecule has 5 heteroatoms. The number of rotatable bonds is 4. The molecule has 0 bridgehead atoms. The molecule has 0 aromatic heterocycles. The number of hydrogen-bond donors (Lipinski definition) is 1. The van der Waals surface area contributed by atoms with Gasteiger partial charge in [-0.1, -0.05) is 17.7 Å². The first kappa shape index (κ1) is 11.2. The highest BCUT2D eigenvalue weighted by atomic mass is 35.5. The maximum atomic E-state index is 12.7. The highest BCUT2D eigenvalue weighted by Crippen LogP contribution is 2.19. The van der Waals surface area contributed by atoms with E-state index in [4.69, 9.17) is 22.1 Å². The fourth-order valence-corrected chi connectivity index (χ4v) is 0.985. The van der Waals surface area contributed by atoms with Gasteiger partial charge >= 0.3 is 0 Å². The number of halogens is 3. The van der Waals surface area contributed by atoms with Crippen molar-refractivity contribution in [1.29, 1.82) is 0 Å². The minimum Gasteiger partial charge on any atom is -0.487 e. The third-order valence-corrected chi connectivity index (χ3v) is 1.78. The lowest BCUT2D eigenvalue weighted by atomic mass is 10.3. The highest BCUT2D eigenvalue weighted by molar-refractivity contribution is 6.30. The second kappa shape index (κ2) is 4.57. The van der Waals surface area contributed by atoms with Gasteiger partial charge in [0.15, 0.2) is 6.61 Å². The lowest BCUT2D eigenvalue weighted by Crippen LogP contribution is -2.34. The Kier molecular flexibility index (Phi) is 3.66. The predicted octanol–water partition coefficient (Wildman–Crippen LogP) is 2.31. The van der Waals surface area contributed by atoms with Crippen molar-refractivity contribution in [3.05, 3.63) is 29.3 Å². The van der Waals surface area contributed by atoms with Crippen LogP contribution in [0, 0.1) is 0 Å². The van der Waals surface area contributed by atoms with Gasteiger partial charge in [-0.2, -0.15) is 0 Å². The van der Waals surface area contributed by atoms with Gasteiger partial charge in [-0.15, -0.1) is 0 Å². The summed E-state index contributed by atoms with van der Waals surface area (Å²) in [6.45, 7) is -1.46. The van der Waals surface area contributed by atoms with E-state index in [0.717, 1.165) is 0 Å². The fourth-order valence-electron chi connectivity index (χ4n) is 0.805. The zero-order chi connectivity index (χ0) is 10.6. The number of alkyl halides is 2. The standard InChI is InChI=1S/C9H10ClF2NO/c10-7-2-1-3-8(4-7)14-6-9(11,12)5-13/h1-4H,5-6,13H2. The molecule has 1 aromatic rings. The van der Waals surface area contributed by atoms with E-state index in [1.807, 2.05) is 0 Å². The van der Waals surface area contributed by atoms with Crippen LogP contribution in [0.4, 0.5) is 8.78 Å². The van der Waals surface area contributed by atoms with E-state index in [-0.39, 0.29) is 0 Å². The number of nitrogens with two attached hydrogens (primary N) is 1. The molecule has 14 heavy (non-hydrogen) atoms. The molecule has 0 spiro atoms. The Morgan fingerprint density at radius 1 is 1.43 bits per heavy atom. The predicted molar refractivity (Wildman–Crippen MR) is 50.9 cm³/mol. The smallest absolute Gasteiger partial charge is 0.293 e. The molecule has 0 heterocycles. The summed E-state index contributed by atoms with van der Waals surface area (Å²) < 4.78 is 30.1. The molecule has 2 N–H and O–H groups in total. The maximum absolute atomic E-state index is 12.7. The van der Waals surface area contributed by atoms with Crippen molar-refractivity contribution in [2.75, 3.05) is 13.2 Å². The van der Waals surface area contributed by atoms with E-state index in [9.17, 15) is 8.78 Å². The van der Waals surface area contributed by atoms with Crippen molar-refractivity contribution < 1.29 is 13.5 Å². The van der Waals surface area contributed by atoms with Gasteiger partial charge in [0.1, 0.15) is 5.75 Å². The first-order chi connectivity index (χ1) is 6.53. The maximum Gasteiger partial charge on any atom is 0.293 e. The van der Waals surface area contributed by atoms with Gasteiger partial charge in [0.2, 0.25) is 0 Å². The first-order valence-corrected chi connectivity index (χ1v) is 4.37. The van der Waals surface area contributed by atoms with Gasteiger partial charge in [0.25, 0.3) is 5.92 Å². The summed E-state index contributed by atoms with van der Waals surface area (Å²) >= 11 is 5.64. The summed E-state index contributed by atoms with van der Waals surface area (Å²) in [5.41, 5.74) is 4.84. The van der Waals surface area contributed by atoms with Crippen LogP contribution in [-0.4, -0.2) is 19.1 Å². The van der Waals surface area contributed by atoms with Crippen LogP contribution in [0.15, 0.2) is 24.3 Å². The Balaban J connectivity index is 2.54. The first-order valence-electron chi connectivity index (χ1n) is 4.00. The minimum atomic E-state index is -3.00. The van der Waals surface area contributed by atoms with Crippen LogP contribution >= 0.6 is 11.6 Å². The van der Waals surface area contributed by atoms with E-state index >= 15 is 0 Å². The largest absolute Gasteiger partial charge is 0.487 e. The molecular formula is C9H10ClF2NO. The van der Waals surface area contributed by atoms with Gasteiger partial charge in [-0.3, -0.25) is 0 Å². The molecule has 0 aliphatic rings. The summed E-state index contributed by atoms with van der Waals surface area (Å²) in [5.74, 6) is -2.69. The number of ether oxygens (including phenoxy) is 1. The van der Waals surface area contributed by atoms with E-state index < -0.39 is 19.1 Å². The Labute approximate surface area is 85.6 Å². The van der Waals surface area contributed by atoms with Crippen molar-refractivity contribution in [2.45, 2.75) is 5.92 Å². The molecule has 0 amide bonds. The number of hydrogen-bond acceptors (Lipinski definition) is 2. The second-order valence-electron chi connectivity index (χ2n) is 2.81. The molecule has 78 valence electrons. The molecule has 0 fully saturated rings. The zero-order valence-corrected chi connectivity index (χ0v) is 8.10. The second-order valence-corrected chi connectivity index (χ2v) is 3.24. The van der Waals surface area contributed by atoms with Gasteiger partial charge in [-0.05, 0) is 18.2 Å². The van der Waals surface area contributed by atoms with Crippen LogP contribution in [0.1, 0.15) is 0 Å². The molecule has 1 rings (SSSR count). The lowest BCUT2D eigenvalue weighted by molar-refractivity contribution is -0.0319. The Morgan fingerprint density at radius 3 is 2.71 bits per heavy atom. The molecule has 0 saturated heterocycles. The van der Waals surface area contributed by atoms with E-state index in [0.29, 0.717) is 10.8 Å². The highest BCUT2D eigenvalue weighted by Gasteiger charge is 2.27. The van der Waals surface area contributed by atoms with Crippen molar-refractivity contribution in [2.24, 2.45) is 5.73 Å². The van der Waals surface area contributed by atoms with Crippen LogP contribution in [0.25, 0.3) is 0 Å². The molecule has 0 unspecified atom stereocenters. The summed E-state index contributed by atoms with van der Waals surface area (Å²) in [7, 11) is 0. The summed E-state index contributed by atoms with van der Waals surface area (Å²) in [4.78, 5) is 0. The summed E-state index contributed by atoms with van der Waals surface area (Å²) in [6.07, 6.45) is 0. The normalized spacial score (nSPS) is 11.4. The van der Waals surface area contributed by atoms with Crippen molar-refractivity contribution >= 4 is 11.6 Å². The number of benzene rings is 1. The van der Waals surface area contributed by atoms with Gasteiger partial charge < -0.3 is 10.5 Å². The Bertz CT molecular complexity index is 307. The van der Waals surface area contributed by atoms with Crippen molar-refractivity contribution in [3.63, 3.8) is 0 Å². The molecule has 0 radical (unpaired) electrons. The zero-order valence-electron chi connectivity index (χ0n) is 7.34. The SMILES string of the molecule is NCC(F)(F)COc1cccc(Cl)c1. The molecule has 0 aliphatic heterocycles. The average Bonchev–Trinajstić information content (AvgIpc) is 2.15. The topological polar surface area (TPSA) is 35.2 Å². The third kappa shape index (κ3) is 3.47. The van der Waals surface area contributed by atoms with E-state index in [1.54, 1.807) is 18.2 Å². The third-order valence-electron chi connectivity index (χ3n) is 1.54. The molecular weight excluding hydrogens is 212 g/mol. The summed E-state index contributed by atoms with van der Waals surface area (Å²) in [6, 6.07) is 6.28. The van der Waals surface area contributed by atoms with E-state index in [1.165, 1.54) is 6.07 Å². The van der Waals surface area contributed by atoms with Gasteiger partial charge in [-0.25, -0.2) is 8.78 Å². The molecule has 1 aromatic carbocycles. The fraction of sp³-hybridized carbons (Fsp3) is 0.333. The van der Waals surface area contributed by atoms with Crippen molar-refractivity contribution in [1.82, 2.24) is 0 Å². The van der Waals surface area contributed by atoms with Crippen molar-refractivity contribution in [3.8, 4) is 5.75 Å². The van der Waals surface area contributed by atoms with Crippen LogP contribution in [0.5, 0.6) is 5.75 Å². The average molecular weight is 222 g/mol. The molecule has 2 nitrogen and oxygen atoms in total. The quantitative estimate of drug-likeness (QED) is 0.847. The monoisotopic (exact) mass is 221 g/mol. The van der Waals surface area contributed by atoms with Crippen LogP contribution in [-0.2, 0) is 0 Å². The minimum absolute atomic E-state index is 0.311. The van der Waals surface area contributed by atoms with E-state index in [2.05, 4.69) is 0 Å². The summed E-state index contributed by atoms with van der Waals surface area (Å²) in [5, 5.41) is 0.443. The van der Waals surface area contributed by atoms with Gasteiger partial charge in [0.05, 0.1) is 6.54 Å². The molecule has 0 atom stereocenters. The molecule has 0 aliphatic carbocycles. The molecule has 0 saturated carbocycles. The van der Waals surface area contributed by atoms with Gasteiger partial charge in [0, 0.05) is 5.02 Å². The lowest BCUT2D eigenvalue weighted by Gasteiger charge is -2.14. The van der Waals surface area contributed by atoms with Crippen LogP contribution in [0.2, 0.25) is 5.02 Å². The van der Waals surface area contributed by atoms with Crippen LogP contribution in [0.3, 0.4) is 0 Å².